The van der Waals surface area contributed by atoms with Crippen LogP contribution in [-0.4, -0.2) is 33.4 Å². The van der Waals surface area contributed by atoms with Crippen LogP contribution in [0.2, 0.25) is 0 Å². The fraction of sp³-hybridized carbons (Fsp3) is 0.240. The lowest BCUT2D eigenvalue weighted by molar-refractivity contribution is -0.143. The molecule has 0 saturated heterocycles. The second-order valence-corrected chi connectivity index (χ2v) is 6.69. The number of esters is 1. The molecule has 0 aromatic heterocycles. The van der Waals surface area contributed by atoms with Crippen LogP contribution in [0.3, 0.4) is 0 Å². The number of hydrogen-bond donors (Lipinski definition) is 0. The van der Waals surface area contributed by atoms with Crippen molar-refractivity contribution in [2.75, 3.05) is 27.4 Å². The van der Waals surface area contributed by atoms with Crippen LogP contribution in [0.4, 0.5) is 0 Å². The minimum absolute atomic E-state index is 0.163. The summed E-state index contributed by atoms with van der Waals surface area (Å²) in [7, 11) is 3.27. The Balaban J connectivity index is 2.14. The molecule has 156 valence electrons. The Bertz CT molecular complexity index is 886. The summed E-state index contributed by atoms with van der Waals surface area (Å²) in [5, 5.41) is 0. The smallest absolute Gasteiger partial charge is 0.302 e. The van der Waals surface area contributed by atoms with Crippen molar-refractivity contribution in [1.82, 2.24) is 0 Å². The Kier molecular flexibility index (Phi) is 7.09. The van der Waals surface area contributed by atoms with E-state index in [9.17, 15) is 4.79 Å². The summed E-state index contributed by atoms with van der Waals surface area (Å²) >= 11 is 0. The predicted octanol–water partition coefficient (Wildman–Crippen LogP) is 4.58. The van der Waals surface area contributed by atoms with Crippen molar-refractivity contribution < 1.29 is 23.7 Å². The molecular weight excluding hydrogens is 380 g/mol. The fourth-order valence-corrected chi connectivity index (χ4v) is 3.45. The van der Waals surface area contributed by atoms with Gasteiger partial charge in [0.1, 0.15) is 23.7 Å². The molecule has 5 heteroatoms. The largest absolute Gasteiger partial charge is 0.497 e. The molecule has 0 amide bonds. The quantitative estimate of drug-likeness (QED) is 0.296. The number of benzene rings is 3. The monoisotopic (exact) mass is 406 g/mol. The van der Waals surface area contributed by atoms with Gasteiger partial charge < -0.3 is 18.9 Å². The number of carbonyl (C=O) groups is 1. The first-order valence-electron chi connectivity index (χ1n) is 9.72. The summed E-state index contributed by atoms with van der Waals surface area (Å²) in [4.78, 5) is 11.2. The van der Waals surface area contributed by atoms with Gasteiger partial charge in [0, 0.05) is 6.92 Å². The van der Waals surface area contributed by atoms with Gasteiger partial charge in [0.25, 0.3) is 0 Å². The summed E-state index contributed by atoms with van der Waals surface area (Å²) < 4.78 is 22.3. The summed E-state index contributed by atoms with van der Waals surface area (Å²) in [5.74, 6) is 1.18. The van der Waals surface area contributed by atoms with Crippen molar-refractivity contribution in [3.63, 3.8) is 0 Å². The molecule has 3 aromatic carbocycles. The highest BCUT2D eigenvalue weighted by molar-refractivity contribution is 5.65. The lowest BCUT2D eigenvalue weighted by Gasteiger charge is -2.36. The highest BCUT2D eigenvalue weighted by atomic mass is 16.6. The van der Waals surface area contributed by atoms with Gasteiger partial charge >= 0.3 is 5.97 Å². The molecule has 0 unspecified atom stereocenters. The molecule has 0 heterocycles. The van der Waals surface area contributed by atoms with Gasteiger partial charge in [-0.15, -0.1) is 0 Å². The zero-order valence-electron chi connectivity index (χ0n) is 17.5. The topological polar surface area (TPSA) is 54.0 Å². The normalized spacial score (nSPS) is 11.0. The molecule has 0 fully saturated rings. The second-order valence-electron chi connectivity index (χ2n) is 6.69. The molecule has 30 heavy (non-hydrogen) atoms. The molecule has 0 aliphatic heterocycles. The van der Waals surface area contributed by atoms with Crippen LogP contribution in [0.1, 0.15) is 23.6 Å². The number of ether oxygens (including phenoxy) is 4. The first-order chi connectivity index (χ1) is 14.6. The Hall–Kier alpha value is -3.31. The van der Waals surface area contributed by atoms with E-state index in [1.54, 1.807) is 14.2 Å². The first-order valence-corrected chi connectivity index (χ1v) is 9.72. The maximum atomic E-state index is 11.2. The van der Waals surface area contributed by atoms with E-state index in [4.69, 9.17) is 18.9 Å². The summed E-state index contributed by atoms with van der Waals surface area (Å²) in [5.41, 5.74) is 1.92. The van der Waals surface area contributed by atoms with E-state index >= 15 is 0 Å². The lowest BCUT2D eigenvalue weighted by atomic mass is 9.80. The van der Waals surface area contributed by atoms with Crippen molar-refractivity contribution in [3.8, 4) is 11.5 Å². The number of methoxy groups -OCH3 is 2. The SMILES string of the molecule is COc1ccc(C(OCCOC(C)=O)(c2ccccc2)c2ccc(OC)cc2)cc1. The third-order valence-electron chi connectivity index (χ3n) is 4.88. The van der Waals surface area contributed by atoms with Gasteiger partial charge in [0.05, 0.1) is 20.8 Å². The van der Waals surface area contributed by atoms with Gasteiger partial charge in [-0.2, -0.15) is 0 Å². The van der Waals surface area contributed by atoms with Crippen LogP contribution in [0.5, 0.6) is 11.5 Å². The molecule has 0 saturated carbocycles. The fourth-order valence-electron chi connectivity index (χ4n) is 3.45. The maximum Gasteiger partial charge on any atom is 0.302 e. The van der Waals surface area contributed by atoms with Gasteiger partial charge in [-0.05, 0) is 41.0 Å². The second kappa shape index (κ2) is 9.94. The van der Waals surface area contributed by atoms with Gasteiger partial charge in [0.15, 0.2) is 0 Å². The minimum atomic E-state index is -0.903. The van der Waals surface area contributed by atoms with Crippen LogP contribution in [-0.2, 0) is 19.9 Å². The van der Waals surface area contributed by atoms with Crippen LogP contribution in [0, 0.1) is 0 Å². The lowest BCUT2D eigenvalue weighted by Crippen LogP contribution is -2.34. The van der Waals surface area contributed by atoms with E-state index in [0.29, 0.717) is 0 Å². The van der Waals surface area contributed by atoms with Gasteiger partial charge in [0.2, 0.25) is 0 Å². The number of carbonyl (C=O) groups excluding carboxylic acids is 1. The Morgan fingerprint density at radius 1 is 0.700 bits per heavy atom. The van der Waals surface area contributed by atoms with E-state index < -0.39 is 5.60 Å². The molecule has 0 bridgehead atoms. The van der Waals surface area contributed by atoms with Crippen molar-refractivity contribution in [1.29, 1.82) is 0 Å². The van der Waals surface area contributed by atoms with E-state index in [0.717, 1.165) is 28.2 Å². The molecule has 0 spiro atoms. The first kappa shape index (κ1) is 21.4. The third kappa shape index (κ3) is 4.63. The maximum absolute atomic E-state index is 11.2. The van der Waals surface area contributed by atoms with Gasteiger partial charge in [-0.3, -0.25) is 4.79 Å². The van der Waals surface area contributed by atoms with Crippen LogP contribution in [0.15, 0.2) is 78.9 Å². The standard InChI is InChI=1S/C25H26O5/c1-19(26)29-17-18-30-25(20-7-5-4-6-8-20,21-9-13-23(27-2)14-10-21)22-11-15-24(28-3)16-12-22/h4-16H,17-18H2,1-3H3. The highest BCUT2D eigenvalue weighted by Crippen LogP contribution is 2.41. The molecule has 0 atom stereocenters. The molecule has 0 aliphatic carbocycles. The molecule has 0 radical (unpaired) electrons. The van der Waals surface area contributed by atoms with E-state index in [2.05, 4.69) is 0 Å². The molecule has 0 aliphatic rings. The Labute approximate surface area is 177 Å². The third-order valence-corrected chi connectivity index (χ3v) is 4.88. The van der Waals surface area contributed by atoms with Crippen molar-refractivity contribution in [2.45, 2.75) is 12.5 Å². The number of rotatable bonds is 9. The van der Waals surface area contributed by atoms with Crippen LogP contribution in [0.25, 0.3) is 0 Å². The highest BCUT2D eigenvalue weighted by Gasteiger charge is 2.37. The van der Waals surface area contributed by atoms with Crippen LogP contribution < -0.4 is 9.47 Å². The van der Waals surface area contributed by atoms with Gasteiger partial charge in [-0.25, -0.2) is 0 Å². The van der Waals surface area contributed by atoms with Crippen molar-refractivity contribution in [2.24, 2.45) is 0 Å². The van der Waals surface area contributed by atoms with E-state index in [-0.39, 0.29) is 19.2 Å². The zero-order chi connectivity index (χ0) is 21.4. The number of hydrogen-bond acceptors (Lipinski definition) is 5. The van der Waals surface area contributed by atoms with Crippen molar-refractivity contribution in [3.05, 3.63) is 95.6 Å². The van der Waals surface area contributed by atoms with E-state index in [1.165, 1.54) is 6.92 Å². The molecule has 5 nitrogen and oxygen atoms in total. The van der Waals surface area contributed by atoms with Crippen molar-refractivity contribution >= 4 is 5.97 Å². The average Bonchev–Trinajstić information content (AvgIpc) is 2.80. The molecular formula is C25H26O5. The van der Waals surface area contributed by atoms with E-state index in [1.807, 2.05) is 78.9 Å². The summed E-state index contributed by atoms with van der Waals surface area (Å²) in [6.45, 7) is 1.78. The Morgan fingerprint density at radius 2 is 1.17 bits per heavy atom. The minimum Gasteiger partial charge on any atom is -0.497 e. The summed E-state index contributed by atoms with van der Waals surface area (Å²) in [6.07, 6.45) is 0. The zero-order valence-corrected chi connectivity index (χ0v) is 17.5. The van der Waals surface area contributed by atoms with Crippen LogP contribution >= 0.6 is 0 Å². The average molecular weight is 406 g/mol. The Morgan fingerprint density at radius 3 is 1.60 bits per heavy atom. The van der Waals surface area contributed by atoms with Gasteiger partial charge in [-0.1, -0.05) is 54.6 Å². The molecule has 0 N–H and O–H groups in total. The summed E-state index contributed by atoms with van der Waals surface area (Å²) in [6, 6.07) is 25.6. The molecule has 3 aromatic rings. The predicted molar refractivity (Wildman–Crippen MR) is 115 cm³/mol. The molecule has 3 rings (SSSR count).